The van der Waals surface area contributed by atoms with Crippen LogP contribution in [-0.2, 0) is 0 Å². The van der Waals surface area contributed by atoms with Crippen LogP contribution in [0.25, 0.3) is 11.0 Å². The molecule has 1 atom stereocenters. The molecule has 2 aromatic carbocycles. The molecule has 3 aromatic rings. The zero-order valence-corrected chi connectivity index (χ0v) is 11.9. The van der Waals surface area contributed by atoms with Crippen molar-refractivity contribution < 1.29 is 4.74 Å². The first-order valence-corrected chi connectivity index (χ1v) is 6.74. The summed E-state index contributed by atoms with van der Waals surface area (Å²) in [6.07, 6.45) is 0. The number of benzene rings is 2. The molecule has 0 aliphatic heterocycles. The number of H-pyrrole nitrogens is 2. The molecule has 3 rings (SSSR count). The fourth-order valence-electron chi connectivity index (χ4n) is 2.35. The van der Waals surface area contributed by atoms with Gasteiger partial charge in [0.1, 0.15) is 5.75 Å². The minimum atomic E-state index is -0.681. The number of aromatic amines is 2. The van der Waals surface area contributed by atoms with Crippen LogP contribution in [-0.4, -0.2) is 17.1 Å². The Morgan fingerprint density at radius 3 is 2.36 bits per heavy atom. The average Bonchev–Trinajstić information content (AvgIpc) is 2.55. The lowest BCUT2D eigenvalue weighted by atomic mass is 9.99. The molecule has 0 spiro atoms. The van der Waals surface area contributed by atoms with E-state index in [-0.39, 0.29) is 6.04 Å². The van der Waals surface area contributed by atoms with E-state index in [1.807, 2.05) is 30.3 Å². The Hall–Kier alpha value is -2.86. The maximum absolute atomic E-state index is 11.4. The molecular weight excluding hydrogens is 282 g/mol. The second kappa shape index (κ2) is 5.50. The molecule has 1 unspecified atom stereocenters. The number of methoxy groups -OCH3 is 1. The van der Waals surface area contributed by atoms with Gasteiger partial charge >= 0.3 is 11.1 Å². The first-order chi connectivity index (χ1) is 10.6. The topological polar surface area (TPSA) is 101 Å². The van der Waals surface area contributed by atoms with Crippen LogP contribution >= 0.6 is 0 Å². The van der Waals surface area contributed by atoms with Crippen molar-refractivity contribution >= 4 is 11.0 Å². The Balaban J connectivity index is 2.07. The summed E-state index contributed by atoms with van der Waals surface area (Å²) in [4.78, 5) is 27.8. The highest BCUT2D eigenvalue weighted by Gasteiger charge is 2.11. The van der Waals surface area contributed by atoms with Crippen molar-refractivity contribution in [3.8, 4) is 5.75 Å². The summed E-state index contributed by atoms with van der Waals surface area (Å²) in [6.45, 7) is 0. The van der Waals surface area contributed by atoms with E-state index in [0.717, 1.165) is 16.9 Å². The van der Waals surface area contributed by atoms with Gasteiger partial charge in [0.25, 0.3) is 0 Å². The zero-order chi connectivity index (χ0) is 15.7. The van der Waals surface area contributed by atoms with Crippen LogP contribution in [0.4, 0.5) is 0 Å². The molecule has 0 fully saturated rings. The van der Waals surface area contributed by atoms with Gasteiger partial charge in [-0.2, -0.15) is 0 Å². The van der Waals surface area contributed by atoms with E-state index in [9.17, 15) is 9.59 Å². The standard InChI is InChI=1S/C16H15N3O3/c1-22-11-4-2-3-9(7-11)14(17)10-5-6-12-13(8-10)19-16(21)15(20)18-12/h2-8,14H,17H2,1H3,(H,18,20)(H,19,21). The molecule has 0 saturated carbocycles. The Morgan fingerprint density at radius 1 is 0.955 bits per heavy atom. The van der Waals surface area contributed by atoms with E-state index >= 15 is 0 Å². The van der Waals surface area contributed by atoms with Crippen molar-refractivity contribution in [3.05, 3.63) is 74.3 Å². The van der Waals surface area contributed by atoms with Crippen LogP contribution in [0, 0.1) is 0 Å². The van der Waals surface area contributed by atoms with Gasteiger partial charge in [0, 0.05) is 0 Å². The Kier molecular flexibility index (Phi) is 3.52. The van der Waals surface area contributed by atoms with Crippen molar-refractivity contribution in [2.75, 3.05) is 7.11 Å². The number of nitrogens with one attached hydrogen (secondary N) is 2. The highest BCUT2D eigenvalue weighted by Crippen LogP contribution is 2.24. The van der Waals surface area contributed by atoms with Gasteiger partial charge in [-0.1, -0.05) is 18.2 Å². The zero-order valence-electron chi connectivity index (χ0n) is 11.9. The van der Waals surface area contributed by atoms with Gasteiger partial charge in [-0.25, -0.2) is 0 Å². The van der Waals surface area contributed by atoms with Crippen LogP contribution < -0.4 is 21.6 Å². The predicted octanol–water partition coefficient (Wildman–Crippen LogP) is 1.27. The van der Waals surface area contributed by atoms with Gasteiger partial charge in [0.2, 0.25) is 0 Å². The molecule has 112 valence electrons. The Bertz CT molecular complexity index is 943. The quantitative estimate of drug-likeness (QED) is 0.634. The van der Waals surface area contributed by atoms with Crippen LogP contribution in [0.5, 0.6) is 5.75 Å². The molecule has 0 saturated heterocycles. The summed E-state index contributed by atoms with van der Waals surface area (Å²) >= 11 is 0. The molecule has 6 nitrogen and oxygen atoms in total. The maximum atomic E-state index is 11.4. The van der Waals surface area contributed by atoms with E-state index in [1.54, 1.807) is 19.2 Å². The summed E-state index contributed by atoms with van der Waals surface area (Å²) in [6, 6.07) is 12.4. The van der Waals surface area contributed by atoms with Crippen molar-refractivity contribution in [2.45, 2.75) is 6.04 Å². The highest BCUT2D eigenvalue weighted by atomic mass is 16.5. The lowest BCUT2D eigenvalue weighted by Gasteiger charge is -2.14. The molecule has 1 aromatic heterocycles. The number of rotatable bonds is 3. The van der Waals surface area contributed by atoms with Gasteiger partial charge in [-0.15, -0.1) is 0 Å². The van der Waals surface area contributed by atoms with Gasteiger partial charge in [0.05, 0.1) is 24.2 Å². The second-order valence-corrected chi connectivity index (χ2v) is 4.97. The molecule has 0 radical (unpaired) electrons. The molecule has 0 aliphatic rings. The highest BCUT2D eigenvalue weighted by molar-refractivity contribution is 5.74. The van der Waals surface area contributed by atoms with E-state index in [2.05, 4.69) is 9.97 Å². The minimum absolute atomic E-state index is 0.366. The van der Waals surface area contributed by atoms with E-state index < -0.39 is 11.1 Å². The molecule has 0 aliphatic carbocycles. The third-order valence-electron chi connectivity index (χ3n) is 3.56. The third kappa shape index (κ3) is 2.51. The number of hydrogen-bond acceptors (Lipinski definition) is 4. The van der Waals surface area contributed by atoms with E-state index in [0.29, 0.717) is 11.0 Å². The number of aromatic nitrogens is 2. The molecule has 4 N–H and O–H groups in total. The monoisotopic (exact) mass is 297 g/mol. The number of nitrogens with two attached hydrogens (primary N) is 1. The molecule has 1 heterocycles. The summed E-state index contributed by atoms with van der Waals surface area (Å²) in [5.41, 5.74) is 7.75. The van der Waals surface area contributed by atoms with Gasteiger partial charge in [0.15, 0.2) is 0 Å². The molecule has 6 heteroatoms. The Labute approximate surface area is 125 Å². The summed E-state index contributed by atoms with van der Waals surface area (Å²) in [7, 11) is 1.60. The van der Waals surface area contributed by atoms with Crippen molar-refractivity contribution in [1.82, 2.24) is 9.97 Å². The molecule has 0 bridgehead atoms. The minimum Gasteiger partial charge on any atom is -0.497 e. The molecule has 22 heavy (non-hydrogen) atoms. The number of hydrogen-bond donors (Lipinski definition) is 3. The van der Waals surface area contributed by atoms with Crippen molar-refractivity contribution in [3.63, 3.8) is 0 Å². The van der Waals surface area contributed by atoms with Crippen molar-refractivity contribution in [1.29, 1.82) is 0 Å². The Morgan fingerprint density at radius 2 is 1.64 bits per heavy atom. The molecular formula is C16H15N3O3. The SMILES string of the molecule is COc1cccc(C(N)c2ccc3[nH]c(=O)c(=O)[nH]c3c2)c1. The smallest absolute Gasteiger partial charge is 0.314 e. The fourth-order valence-corrected chi connectivity index (χ4v) is 2.35. The first-order valence-electron chi connectivity index (χ1n) is 6.74. The van der Waals surface area contributed by atoms with Crippen LogP contribution in [0.15, 0.2) is 52.1 Å². The van der Waals surface area contributed by atoms with Crippen molar-refractivity contribution in [2.24, 2.45) is 5.73 Å². The lowest BCUT2D eigenvalue weighted by molar-refractivity contribution is 0.414. The van der Waals surface area contributed by atoms with Gasteiger partial charge in [-0.05, 0) is 35.4 Å². The predicted molar refractivity (Wildman–Crippen MR) is 84.2 cm³/mol. The van der Waals surface area contributed by atoms with E-state index in [1.165, 1.54) is 0 Å². The third-order valence-corrected chi connectivity index (χ3v) is 3.56. The van der Waals surface area contributed by atoms with Gasteiger partial charge < -0.3 is 20.4 Å². The summed E-state index contributed by atoms with van der Waals surface area (Å²) < 4.78 is 5.20. The van der Waals surface area contributed by atoms with Crippen LogP contribution in [0.3, 0.4) is 0 Å². The summed E-state index contributed by atoms with van der Waals surface area (Å²) in [5.74, 6) is 0.728. The largest absolute Gasteiger partial charge is 0.497 e. The van der Waals surface area contributed by atoms with Crippen LogP contribution in [0.2, 0.25) is 0 Å². The van der Waals surface area contributed by atoms with Gasteiger partial charge in [-0.3, -0.25) is 9.59 Å². The first kappa shape index (κ1) is 14.1. The average molecular weight is 297 g/mol. The number of fused-ring (bicyclic) bond motifs is 1. The second-order valence-electron chi connectivity index (χ2n) is 4.97. The normalized spacial score (nSPS) is 12.3. The maximum Gasteiger partial charge on any atom is 0.314 e. The fraction of sp³-hybridized carbons (Fsp3) is 0.125. The summed E-state index contributed by atoms with van der Waals surface area (Å²) in [5, 5.41) is 0. The lowest BCUT2D eigenvalue weighted by Crippen LogP contribution is -2.29. The number of ether oxygens (including phenoxy) is 1. The molecule has 0 amide bonds. The van der Waals surface area contributed by atoms with Crippen LogP contribution in [0.1, 0.15) is 17.2 Å². The van der Waals surface area contributed by atoms with E-state index in [4.69, 9.17) is 10.5 Å².